The summed E-state index contributed by atoms with van der Waals surface area (Å²) in [7, 11) is -4.28. The molecule has 0 rings (SSSR count). The van der Waals surface area contributed by atoms with Crippen molar-refractivity contribution in [2.24, 2.45) is 5.73 Å². The molecule has 0 saturated carbocycles. The second-order valence-electron chi connectivity index (χ2n) is 12.4. The van der Waals surface area contributed by atoms with Crippen LogP contribution in [0.25, 0.3) is 0 Å². The number of ether oxygens (including phenoxy) is 2. The van der Waals surface area contributed by atoms with Gasteiger partial charge in [0, 0.05) is 19.6 Å². The molecule has 0 aromatic rings. The molecular weight excluding hydrogens is 637 g/mol. The van der Waals surface area contributed by atoms with Crippen molar-refractivity contribution >= 4 is 13.8 Å². The van der Waals surface area contributed by atoms with Crippen molar-refractivity contribution in [3.05, 3.63) is 60.8 Å². The number of phosphoric ester groups is 1. The molecule has 0 aromatic heterocycles. The Morgan fingerprint density at radius 3 is 1.69 bits per heavy atom. The molecule has 0 saturated heterocycles. The van der Waals surface area contributed by atoms with E-state index in [0.29, 0.717) is 6.61 Å². The molecule has 0 spiro atoms. The molecule has 3 N–H and O–H groups in total. The minimum atomic E-state index is -4.28. The van der Waals surface area contributed by atoms with Gasteiger partial charge in [0.15, 0.2) is 0 Å². The van der Waals surface area contributed by atoms with Gasteiger partial charge in [-0.25, -0.2) is 4.57 Å². The van der Waals surface area contributed by atoms with E-state index >= 15 is 0 Å². The van der Waals surface area contributed by atoms with Gasteiger partial charge in [-0.2, -0.15) is 0 Å². The Hall–Kier alpha value is -1.80. The zero-order valence-corrected chi connectivity index (χ0v) is 32.1. The molecule has 8 nitrogen and oxygen atoms in total. The van der Waals surface area contributed by atoms with Crippen LogP contribution in [-0.2, 0) is 27.9 Å². The molecule has 0 aliphatic rings. The van der Waals surface area contributed by atoms with Gasteiger partial charge in [0.1, 0.15) is 6.10 Å². The summed E-state index contributed by atoms with van der Waals surface area (Å²) >= 11 is 0. The first kappa shape index (κ1) is 47.2. The maximum Gasteiger partial charge on any atom is 0.472 e. The van der Waals surface area contributed by atoms with E-state index in [0.717, 1.165) is 70.6 Å². The zero-order valence-electron chi connectivity index (χ0n) is 31.2. The number of allylic oxidation sites excluding steroid dienone is 10. The Bertz CT molecular complexity index is 932. The molecule has 0 heterocycles. The molecule has 0 bridgehead atoms. The van der Waals surface area contributed by atoms with Gasteiger partial charge in [-0.1, -0.05) is 145 Å². The largest absolute Gasteiger partial charge is 0.472 e. The average Bonchev–Trinajstić information content (AvgIpc) is 3.09. The summed E-state index contributed by atoms with van der Waals surface area (Å²) in [5, 5.41) is 0. The SMILES string of the molecule is CC/C=C\C/C=C\C/C=C\C/C=C\C/C=C\CCCCCC(=O)OC(COCCCCCCCCCCCCC)COP(=O)(O)OCCN. The Balaban J connectivity index is 4.16. The van der Waals surface area contributed by atoms with Gasteiger partial charge >= 0.3 is 13.8 Å². The molecule has 49 heavy (non-hydrogen) atoms. The molecule has 0 fully saturated rings. The van der Waals surface area contributed by atoms with E-state index in [9.17, 15) is 14.3 Å². The van der Waals surface area contributed by atoms with Crippen LogP contribution in [0.2, 0.25) is 0 Å². The van der Waals surface area contributed by atoms with E-state index in [1.165, 1.54) is 57.8 Å². The fourth-order valence-corrected chi connectivity index (χ4v) is 5.67. The van der Waals surface area contributed by atoms with E-state index in [4.69, 9.17) is 24.3 Å². The lowest BCUT2D eigenvalue weighted by Gasteiger charge is -2.20. The molecule has 0 aliphatic heterocycles. The summed E-state index contributed by atoms with van der Waals surface area (Å²) in [4.78, 5) is 22.4. The van der Waals surface area contributed by atoms with Crippen LogP contribution < -0.4 is 5.73 Å². The van der Waals surface area contributed by atoms with Crippen LogP contribution in [0, 0.1) is 0 Å². The normalized spacial score (nSPS) is 14.3. The van der Waals surface area contributed by atoms with Crippen molar-refractivity contribution in [3.63, 3.8) is 0 Å². The molecular formula is C40H72NO7P. The molecule has 0 radical (unpaired) electrons. The molecule has 0 aromatic carbocycles. The Morgan fingerprint density at radius 1 is 0.633 bits per heavy atom. The van der Waals surface area contributed by atoms with Gasteiger partial charge in [-0.15, -0.1) is 0 Å². The number of hydrogen-bond donors (Lipinski definition) is 2. The molecule has 2 atom stereocenters. The number of carbonyl (C=O) groups is 1. The third-order valence-electron chi connectivity index (χ3n) is 7.70. The fourth-order valence-electron chi connectivity index (χ4n) is 4.90. The van der Waals surface area contributed by atoms with Crippen LogP contribution in [0.4, 0.5) is 0 Å². The van der Waals surface area contributed by atoms with Gasteiger partial charge in [0.2, 0.25) is 0 Å². The van der Waals surface area contributed by atoms with Gasteiger partial charge in [-0.3, -0.25) is 13.8 Å². The lowest BCUT2D eigenvalue weighted by atomic mass is 10.1. The van der Waals surface area contributed by atoms with Crippen LogP contribution in [0.3, 0.4) is 0 Å². The molecule has 0 aliphatic carbocycles. The van der Waals surface area contributed by atoms with Crippen molar-refractivity contribution in [1.29, 1.82) is 0 Å². The fraction of sp³-hybridized carbons (Fsp3) is 0.725. The highest BCUT2D eigenvalue weighted by molar-refractivity contribution is 7.47. The van der Waals surface area contributed by atoms with Crippen molar-refractivity contribution in [1.82, 2.24) is 0 Å². The third-order valence-corrected chi connectivity index (χ3v) is 8.68. The molecule has 2 unspecified atom stereocenters. The van der Waals surface area contributed by atoms with E-state index in [2.05, 4.69) is 74.6 Å². The topological polar surface area (TPSA) is 117 Å². The van der Waals surface area contributed by atoms with Gasteiger partial charge in [-0.05, 0) is 57.8 Å². The quantitative estimate of drug-likeness (QED) is 0.0286. The number of phosphoric acid groups is 1. The summed E-state index contributed by atoms with van der Waals surface area (Å²) in [6.07, 6.45) is 43.7. The highest BCUT2D eigenvalue weighted by atomic mass is 31.2. The van der Waals surface area contributed by atoms with Crippen molar-refractivity contribution in [2.75, 3.05) is 33.0 Å². The molecule has 284 valence electrons. The zero-order chi connectivity index (χ0) is 35.9. The lowest BCUT2D eigenvalue weighted by Crippen LogP contribution is -2.28. The van der Waals surface area contributed by atoms with E-state index in [-0.39, 0.29) is 38.8 Å². The number of carbonyl (C=O) groups excluding carboxylic acids is 1. The van der Waals surface area contributed by atoms with Crippen molar-refractivity contribution < 1.29 is 32.8 Å². The van der Waals surface area contributed by atoms with Crippen LogP contribution in [0.1, 0.15) is 149 Å². The van der Waals surface area contributed by atoms with E-state index < -0.39 is 13.9 Å². The number of hydrogen-bond acceptors (Lipinski definition) is 7. The first-order valence-electron chi connectivity index (χ1n) is 19.3. The summed E-state index contributed by atoms with van der Waals surface area (Å²) in [6, 6.07) is 0. The predicted molar refractivity (Wildman–Crippen MR) is 205 cm³/mol. The first-order valence-corrected chi connectivity index (χ1v) is 20.8. The average molecular weight is 710 g/mol. The Labute approximate surface area is 300 Å². The van der Waals surface area contributed by atoms with Gasteiger partial charge < -0.3 is 20.1 Å². The summed E-state index contributed by atoms with van der Waals surface area (Å²) < 4.78 is 33.2. The third kappa shape index (κ3) is 37.3. The number of nitrogens with two attached hydrogens (primary N) is 1. The maximum absolute atomic E-state index is 12.5. The Morgan fingerprint density at radius 2 is 1.14 bits per heavy atom. The standard InChI is InChI=1S/C40H72NO7P/c1-3-5-7-9-11-13-15-16-17-18-19-20-21-22-23-25-27-29-31-33-40(42)48-39(38-47-49(43,44)46-36-34-41)37-45-35-32-30-28-26-24-14-12-10-8-6-4-2/h5,7,11,13,16-17,19-20,22-23,39H,3-4,6,8-10,12,14-15,18,21,24-38,41H2,1-2H3,(H,43,44)/b7-5-,13-11-,17-16-,20-19-,23-22-. The first-order chi connectivity index (χ1) is 23.9. The van der Waals surface area contributed by atoms with Crippen LogP contribution in [0.15, 0.2) is 60.8 Å². The number of rotatable bonds is 36. The summed E-state index contributed by atoms with van der Waals surface area (Å²) in [5.41, 5.74) is 5.35. The molecule has 9 heteroatoms. The van der Waals surface area contributed by atoms with Gasteiger partial charge in [0.05, 0.1) is 19.8 Å². The lowest BCUT2D eigenvalue weighted by molar-refractivity contribution is -0.154. The predicted octanol–water partition coefficient (Wildman–Crippen LogP) is 11.0. The van der Waals surface area contributed by atoms with Crippen LogP contribution in [0.5, 0.6) is 0 Å². The second-order valence-corrected chi connectivity index (χ2v) is 13.9. The van der Waals surface area contributed by atoms with Crippen molar-refractivity contribution in [3.8, 4) is 0 Å². The van der Waals surface area contributed by atoms with Crippen molar-refractivity contribution in [2.45, 2.75) is 155 Å². The summed E-state index contributed by atoms with van der Waals surface area (Å²) in [5.74, 6) is -0.363. The Kier molecular flexibility index (Phi) is 36.1. The second kappa shape index (κ2) is 37.5. The van der Waals surface area contributed by atoms with E-state index in [1.54, 1.807) is 0 Å². The highest BCUT2D eigenvalue weighted by Gasteiger charge is 2.25. The maximum atomic E-state index is 12.5. The highest BCUT2D eigenvalue weighted by Crippen LogP contribution is 2.43. The minimum Gasteiger partial charge on any atom is -0.457 e. The van der Waals surface area contributed by atoms with E-state index in [1.807, 2.05) is 0 Å². The molecule has 0 amide bonds. The minimum absolute atomic E-state index is 0.0927. The smallest absolute Gasteiger partial charge is 0.457 e. The monoisotopic (exact) mass is 710 g/mol. The summed E-state index contributed by atoms with van der Waals surface area (Å²) in [6.45, 7) is 4.74. The van der Waals surface area contributed by atoms with Crippen LogP contribution in [-0.4, -0.2) is 49.9 Å². The number of unbranched alkanes of at least 4 members (excludes halogenated alkanes) is 13. The number of esters is 1. The van der Waals surface area contributed by atoms with Crippen LogP contribution >= 0.6 is 7.82 Å². The van der Waals surface area contributed by atoms with Gasteiger partial charge in [0.25, 0.3) is 0 Å².